The quantitative estimate of drug-likeness (QED) is 0.305. The molecule has 3 aromatic rings. The molecule has 0 aromatic heterocycles. The number of carbonyl (C=O) groups is 1. The van der Waals surface area contributed by atoms with Gasteiger partial charge in [0.05, 0.1) is 7.11 Å². The fourth-order valence-electron chi connectivity index (χ4n) is 4.92. The van der Waals surface area contributed by atoms with Gasteiger partial charge in [-0.25, -0.2) is 0 Å². The van der Waals surface area contributed by atoms with Gasteiger partial charge in [-0.3, -0.25) is 9.69 Å². The minimum Gasteiger partial charge on any atom is -0.496 e. The van der Waals surface area contributed by atoms with Gasteiger partial charge < -0.3 is 14.8 Å². The van der Waals surface area contributed by atoms with Gasteiger partial charge in [0.25, 0.3) is 5.91 Å². The van der Waals surface area contributed by atoms with E-state index in [0.29, 0.717) is 17.4 Å². The zero-order chi connectivity index (χ0) is 24.9. The van der Waals surface area contributed by atoms with E-state index in [9.17, 15) is 4.79 Å². The van der Waals surface area contributed by atoms with E-state index in [1.54, 1.807) is 12.0 Å². The third-order valence-electron chi connectivity index (χ3n) is 6.82. The van der Waals surface area contributed by atoms with Crippen molar-refractivity contribution in [2.24, 2.45) is 0 Å². The average Bonchev–Trinajstić information content (AvgIpc) is 3.21. The monoisotopic (exact) mass is 498 g/mol. The molecule has 1 aliphatic carbocycles. The van der Waals surface area contributed by atoms with E-state index in [4.69, 9.17) is 21.7 Å². The molecule has 0 spiro atoms. The second-order valence-electron chi connectivity index (χ2n) is 9.21. The standard InChI is InChI=1S/C30H30N2O3S/c1-34-28-17-12-21(19-27-29(33)32(30(36)31-27)25-10-6-3-7-11-25)18-24(28)20-35-26-15-13-23(14-16-26)22-8-4-2-5-9-22/h2,4-5,8-9,12-19,25H,3,6-7,10-11,20H2,1H3,(H,31,36)/b27-19+. The molecule has 2 fully saturated rings. The summed E-state index contributed by atoms with van der Waals surface area (Å²) in [6.45, 7) is 0.346. The van der Waals surface area contributed by atoms with E-state index >= 15 is 0 Å². The van der Waals surface area contributed by atoms with Crippen LogP contribution in [0.3, 0.4) is 0 Å². The Balaban J connectivity index is 1.29. The number of nitrogens with zero attached hydrogens (tertiary/aromatic N) is 1. The van der Waals surface area contributed by atoms with Crippen molar-refractivity contribution in [2.75, 3.05) is 7.11 Å². The van der Waals surface area contributed by atoms with Crippen molar-refractivity contribution in [3.05, 3.63) is 89.6 Å². The van der Waals surface area contributed by atoms with Gasteiger partial charge in [0.1, 0.15) is 23.8 Å². The summed E-state index contributed by atoms with van der Waals surface area (Å²) in [5, 5.41) is 3.64. The van der Waals surface area contributed by atoms with Crippen molar-refractivity contribution in [1.82, 2.24) is 10.2 Å². The predicted octanol–water partition coefficient (Wildman–Crippen LogP) is 6.33. The Morgan fingerprint density at radius 1 is 0.972 bits per heavy atom. The highest BCUT2D eigenvalue weighted by molar-refractivity contribution is 7.80. The summed E-state index contributed by atoms with van der Waals surface area (Å²) in [6, 6.07) is 24.3. The topological polar surface area (TPSA) is 50.8 Å². The molecule has 184 valence electrons. The molecule has 1 amide bonds. The van der Waals surface area contributed by atoms with Crippen LogP contribution in [0.2, 0.25) is 0 Å². The van der Waals surface area contributed by atoms with Crippen LogP contribution < -0.4 is 14.8 Å². The van der Waals surface area contributed by atoms with Gasteiger partial charge in [0.2, 0.25) is 0 Å². The van der Waals surface area contributed by atoms with Crippen molar-refractivity contribution in [2.45, 2.75) is 44.8 Å². The molecule has 0 bridgehead atoms. The van der Waals surface area contributed by atoms with Gasteiger partial charge >= 0.3 is 0 Å². The number of nitrogens with one attached hydrogen (secondary N) is 1. The van der Waals surface area contributed by atoms with Gasteiger partial charge in [-0.05, 0) is 72.1 Å². The third kappa shape index (κ3) is 5.29. The Bertz CT molecular complexity index is 1270. The number of hydrogen-bond donors (Lipinski definition) is 1. The normalized spacial score (nSPS) is 17.4. The van der Waals surface area contributed by atoms with Crippen molar-refractivity contribution < 1.29 is 14.3 Å². The van der Waals surface area contributed by atoms with E-state index in [0.717, 1.165) is 53.9 Å². The van der Waals surface area contributed by atoms with Crippen LogP contribution in [-0.4, -0.2) is 29.1 Å². The van der Waals surface area contributed by atoms with Crippen LogP contribution in [0.25, 0.3) is 17.2 Å². The lowest BCUT2D eigenvalue weighted by Crippen LogP contribution is -2.41. The lowest BCUT2D eigenvalue weighted by Gasteiger charge is -2.29. The summed E-state index contributed by atoms with van der Waals surface area (Å²) < 4.78 is 11.6. The fourth-order valence-corrected chi connectivity index (χ4v) is 5.26. The largest absolute Gasteiger partial charge is 0.496 e. The molecule has 6 heteroatoms. The Morgan fingerprint density at radius 3 is 2.42 bits per heavy atom. The fraction of sp³-hybridized carbons (Fsp3) is 0.267. The Kier molecular flexibility index (Phi) is 7.33. The molecule has 0 radical (unpaired) electrons. The number of methoxy groups -OCH3 is 1. The molecular formula is C30H30N2O3S. The molecule has 5 rings (SSSR count). The van der Waals surface area contributed by atoms with Crippen molar-refractivity contribution >= 4 is 29.3 Å². The Labute approximate surface area is 217 Å². The molecular weight excluding hydrogens is 468 g/mol. The van der Waals surface area contributed by atoms with Crippen LogP contribution in [0.1, 0.15) is 43.2 Å². The van der Waals surface area contributed by atoms with Crippen molar-refractivity contribution in [1.29, 1.82) is 0 Å². The first-order valence-corrected chi connectivity index (χ1v) is 12.8. The number of rotatable bonds is 7. The highest BCUT2D eigenvalue weighted by atomic mass is 32.1. The van der Waals surface area contributed by atoms with Crippen molar-refractivity contribution in [3.8, 4) is 22.6 Å². The summed E-state index contributed by atoms with van der Waals surface area (Å²) in [7, 11) is 1.65. The molecule has 1 heterocycles. The number of amides is 1. The van der Waals surface area contributed by atoms with Crippen molar-refractivity contribution in [3.63, 3.8) is 0 Å². The summed E-state index contributed by atoms with van der Waals surface area (Å²) >= 11 is 5.51. The first-order chi connectivity index (χ1) is 17.6. The predicted molar refractivity (Wildman–Crippen MR) is 147 cm³/mol. The molecule has 1 N–H and O–H groups in total. The van der Waals surface area contributed by atoms with Gasteiger partial charge in [-0.15, -0.1) is 0 Å². The molecule has 1 saturated carbocycles. The Morgan fingerprint density at radius 2 is 1.69 bits per heavy atom. The molecule has 1 saturated heterocycles. The number of thiocarbonyl (C=S) groups is 1. The van der Waals surface area contributed by atoms with Crippen LogP contribution in [0.4, 0.5) is 0 Å². The van der Waals surface area contributed by atoms with Gasteiger partial charge in [-0.1, -0.05) is 67.8 Å². The van der Waals surface area contributed by atoms with Crippen LogP contribution in [0, 0.1) is 0 Å². The second kappa shape index (κ2) is 11.0. The van der Waals surface area contributed by atoms with Crippen LogP contribution >= 0.6 is 12.2 Å². The number of ether oxygens (including phenoxy) is 2. The number of carbonyl (C=O) groups excluding carboxylic acids is 1. The molecule has 0 atom stereocenters. The maximum atomic E-state index is 13.1. The number of hydrogen-bond acceptors (Lipinski definition) is 4. The molecule has 36 heavy (non-hydrogen) atoms. The summed E-state index contributed by atoms with van der Waals surface area (Å²) in [5.74, 6) is 1.48. The Hall–Kier alpha value is -3.64. The zero-order valence-corrected chi connectivity index (χ0v) is 21.2. The maximum Gasteiger partial charge on any atom is 0.276 e. The summed E-state index contributed by atoms with van der Waals surface area (Å²) in [5.41, 5.74) is 4.61. The zero-order valence-electron chi connectivity index (χ0n) is 20.4. The molecule has 3 aromatic carbocycles. The first kappa shape index (κ1) is 24.1. The molecule has 5 nitrogen and oxygen atoms in total. The SMILES string of the molecule is COc1ccc(/C=C2/NC(=S)N(C3CCCCC3)C2=O)cc1COc1ccc(-c2ccccc2)cc1. The summed E-state index contributed by atoms with van der Waals surface area (Å²) in [4.78, 5) is 14.9. The highest BCUT2D eigenvalue weighted by Gasteiger charge is 2.36. The molecule has 0 unspecified atom stereocenters. The van der Waals surface area contributed by atoms with Crippen LogP contribution in [0.15, 0.2) is 78.5 Å². The lowest BCUT2D eigenvalue weighted by molar-refractivity contribution is -0.124. The third-order valence-corrected chi connectivity index (χ3v) is 7.12. The minimum atomic E-state index is -0.0426. The van der Waals surface area contributed by atoms with E-state index < -0.39 is 0 Å². The maximum absolute atomic E-state index is 13.1. The van der Waals surface area contributed by atoms with E-state index in [1.807, 2.05) is 54.6 Å². The number of benzene rings is 3. The van der Waals surface area contributed by atoms with E-state index in [2.05, 4.69) is 29.6 Å². The van der Waals surface area contributed by atoms with E-state index in [1.165, 1.54) is 12.0 Å². The van der Waals surface area contributed by atoms with Crippen LogP contribution in [0.5, 0.6) is 11.5 Å². The van der Waals surface area contributed by atoms with Crippen LogP contribution in [-0.2, 0) is 11.4 Å². The average molecular weight is 499 g/mol. The second-order valence-corrected chi connectivity index (χ2v) is 9.59. The molecule has 2 aliphatic rings. The highest BCUT2D eigenvalue weighted by Crippen LogP contribution is 2.29. The van der Waals surface area contributed by atoms with E-state index in [-0.39, 0.29) is 11.9 Å². The molecule has 1 aliphatic heterocycles. The smallest absolute Gasteiger partial charge is 0.276 e. The summed E-state index contributed by atoms with van der Waals surface area (Å²) in [6.07, 6.45) is 7.40. The van der Waals surface area contributed by atoms with Gasteiger partial charge in [-0.2, -0.15) is 0 Å². The van der Waals surface area contributed by atoms with Gasteiger partial charge in [0, 0.05) is 11.6 Å². The van der Waals surface area contributed by atoms with Gasteiger partial charge in [0.15, 0.2) is 5.11 Å². The first-order valence-electron chi connectivity index (χ1n) is 12.4. The lowest BCUT2D eigenvalue weighted by atomic mass is 9.94. The minimum absolute atomic E-state index is 0.0426.